The van der Waals surface area contributed by atoms with E-state index in [9.17, 15) is 0 Å². The van der Waals surface area contributed by atoms with Crippen LogP contribution in [0.2, 0.25) is 0 Å². The largest absolute Gasteiger partial charge is 0.398 e. The molecule has 3 aromatic carbocycles. The van der Waals surface area contributed by atoms with E-state index in [4.69, 9.17) is 16.5 Å². The maximum absolute atomic E-state index is 6.68. The summed E-state index contributed by atoms with van der Waals surface area (Å²) >= 11 is 0. The van der Waals surface area contributed by atoms with Crippen LogP contribution in [0.5, 0.6) is 0 Å². The van der Waals surface area contributed by atoms with Crippen molar-refractivity contribution in [2.75, 3.05) is 11.5 Å². The van der Waals surface area contributed by atoms with E-state index in [-0.39, 0.29) is 0 Å². The third kappa shape index (κ3) is 3.40. The van der Waals surface area contributed by atoms with Gasteiger partial charge in [0.25, 0.3) is 0 Å². The second kappa shape index (κ2) is 7.34. The van der Waals surface area contributed by atoms with Crippen LogP contribution in [-0.2, 0) is 6.42 Å². The van der Waals surface area contributed by atoms with Crippen LogP contribution < -0.4 is 11.5 Å². The van der Waals surface area contributed by atoms with Gasteiger partial charge in [-0.3, -0.25) is 0 Å². The lowest BCUT2D eigenvalue weighted by molar-refractivity contribution is 1.09. The quantitative estimate of drug-likeness (QED) is 0.533. The van der Waals surface area contributed by atoms with Crippen molar-refractivity contribution >= 4 is 11.5 Å². The Morgan fingerprint density at radius 1 is 0.593 bits per heavy atom. The zero-order chi connectivity index (χ0) is 18.6. The number of hydrogen-bond acceptors (Lipinski definition) is 3. The Hall–Kier alpha value is -3.59. The van der Waals surface area contributed by atoms with Crippen molar-refractivity contribution in [3.8, 4) is 22.3 Å². The molecule has 0 saturated heterocycles. The first-order chi connectivity index (χ1) is 13.2. The van der Waals surface area contributed by atoms with E-state index >= 15 is 0 Å². The van der Waals surface area contributed by atoms with Crippen LogP contribution in [0.1, 0.15) is 11.3 Å². The van der Waals surface area contributed by atoms with Crippen molar-refractivity contribution in [1.82, 2.24) is 4.98 Å². The van der Waals surface area contributed by atoms with Gasteiger partial charge in [-0.05, 0) is 16.7 Å². The monoisotopic (exact) mass is 351 g/mol. The van der Waals surface area contributed by atoms with Gasteiger partial charge in [0.1, 0.15) is 5.82 Å². The van der Waals surface area contributed by atoms with E-state index < -0.39 is 0 Å². The molecule has 4 aromatic rings. The first-order valence-electron chi connectivity index (χ1n) is 8.96. The molecular weight excluding hydrogens is 330 g/mol. The average Bonchev–Trinajstić information content (AvgIpc) is 2.70. The van der Waals surface area contributed by atoms with Gasteiger partial charge in [0.05, 0.1) is 11.4 Å². The van der Waals surface area contributed by atoms with Gasteiger partial charge in [-0.25, -0.2) is 4.98 Å². The summed E-state index contributed by atoms with van der Waals surface area (Å²) in [5, 5.41) is 0. The normalized spacial score (nSPS) is 10.7. The molecule has 0 fully saturated rings. The van der Waals surface area contributed by atoms with Crippen LogP contribution in [0.3, 0.4) is 0 Å². The Morgan fingerprint density at radius 2 is 1.07 bits per heavy atom. The molecule has 0 aliphatic heterocycles. The lowest BCUT2D eigenvalue weighted by Gasteiger charge is -2.18. The number of anilines is 2. The molecule has 1 aromatic heterocycles. The van der Waals surface area contributed by atoms with Gasteiger partial charge in [-0.2, -0.15) is 0 Å². The maximum atomic E-state index is 6.68. The second-order valence-corrected chi connectivity index (χ2v) is 6.50. The molecule has 1 heterocycles. The number of nitrogens with zero attached hydrogens (tertiary/aromatic N) is 1. The summed E-state index contributed by atoms with van der Waals surface area (Å²) in [5.41, 5.74) is 19.6. The van der Waals surface area contributed by atoms with E-state index in [1.807, 2.05) is 66.7 Å². The van der Waals surface area contributed by atoms with Crippen LogP contribution in [0.25, 0.3) is 22.3 Å². The Balaban J connectivity index is 1.94. The first-order valence-corrected chi connectivity index (χ1v) is 8.96. The molecule has 0 unspecified atom stereocenters. The molecule has 0 aliphatic rings. The van der Waals surface area contributed by atoms with Gasteiger partial charge in [0.2, 0.25) is 0 Å². The van der Waals surface area contributed by atoms with E-state index in [0.717, 1.165) is 27.9 Å². The van der Waals surface area contributed by atoms with E-state index in [2.05, 4.69) is 24.3 Å². The smallest absolute Gasteiger partial charge is 0.133 e. The number of hydrogen-bond donors (Lipinski definition) is 2. The lowest BCUT2D eigenvalue weighted by atomic mass is 9.93. The molecule has 0 saturated carbocycles. The number of aromatic nitrogens is 1. The number of pyridine rings is 1. The molecule has 0 amide bonds. The van der Waals surface area contributed by atoms with Crippen LogP contribution in [0.4, 0.5) is 11.5 Å². The molecular formula is C24H21N3. The fourth-order valence-electron chi connectivity index (χ4n) is 3.43. The molecule has 4 rings (SSSR count). The molecule has 0 aliphatic carbocycles. The summed E-state index contributed by atoms with van der Waals surface area (Å²) in [7, 11) is 0. The van der Waals surface area contributed by atoms with Gasteiger partial charge in [0.15, 0.2) is 0 Å². The zero-order valence-electron chi connectivity index (χ0n) is 15.0. The van der Waals surface area contributed by atoms with Crippen LogP contribution >= 0.6 is 0 Å². The lowest BCUT2D eigenvalue weighted by Crippen LogP contribution is -2.07. The minimum atomic E-state index is 0.462. The first kappa shape index (κ1) is 16.9. The van der Waals surface area contributed by atoms with Gasteiger partial charge in [-0.15, -0.1) is 0 Å². The molecule has 0 bridgehead atoms. The highest BCUT2D eigenvalue weighted by atomic mass is 14.9. The minimum absolute atomic E-state index is 0.462. The van der Waals surface area contributed by atoms with Gasteiger partial charge < -0.3 is 11.5 Å². The molecule has 0 spiro atoms. The molecule has 0 radical (unpaired) electrons. The summed E-state index contributed by atoms with van der Waals surface area (Å²) < 4.78 is 0. The molecule has 3 nitrogen and oxygen atoms in total. The number of benzene rings is 3. The van der Waals surface area contributed by atoms with Crippen LogP contribution in [0, 0.1) is 0 Å². The summed E-state index contributed by atoms with van der Waals surface area (Å²) in [6.07, 6.45) is 0.675. The topological polar surface area (TPSA) is 64.9 Å². The zero-order valence-corrected chi connectivity index (χ0v) is 15.0. The van der Waals surface area contributed by atoms with Crippen molar-refractivity contribution in [2.24, 2.45) is 0 Å². The Kier molecular flexibility index (Phi) is 4.58. The van der Waals surface area contributed by atoms with Crippen LogP contribution in [0.15, 0.2) is 91.0 Å². The number of nitrogen functional groups attached to an aromatic ring is 2. The Bertz CT molecular complexity index is 1040. The van der Waals surface area contributed by atoms with E-state index in [1.165, 1.54) is 5.56 Å². The van der Waals surface area contributed by atoms with Crippen molar-refractivity contribution in [3.63, 3.8) is 0 Å². The average molecular weight is 351 g/mol. The highest BCUT2D eigenvalue weighted by Crippen LogP contribution is 2.40. The van der Waals surface area contributed by atoms with E-state index in [1.54, 1.807) is 0 Å². The molecule has 132 valence electrons. The fraction of sp³-hybridized carbons (Fsp3) is 0.0417. The molecule has 3 heteroatoms. The van der Waals surface area contributed by atoms with Gasteiger partial charge >= 0.3 is 0 Å². The molecule has 27 heavy (non-hydrogen) atoms. The van der Waals surface area contributed by atoms with Crippen molar-refractivity contribution in [2.45, 2.75) is 6.42 Å². The van der Waals surface area contributed by atoms with Gasteiger partial charge in [0, 0.05) is 17.5 Å². The third-order valence-corrected chi connectivity index (χ3v) is 4.68. The summed E-state index contributed by atoms with van der Waals surface area (Å²) in [5.74, 6) is 0.462. The summed E-state index contributed by atoms with van der Waals surface area (Å²) in [6.45, 7) is 0. The van der Waals surface area contributed by atoms with E-state index in [0.29, 0.717) is 17.9 Å². The molecule has 0 atom stereocenters. The minimum Gasteiger partial charge on any atom is -0.398 e. The number of rotatable bonds is 4. The predicted molar refractivity (Wildman–Crippen MR) is 113 cm³/mol. The molecule has 4 N–H and O–H groups in total. The SMILES string of the molecule is Nc1nc(Cc2ccccc2)c(-c2ccccc2)c(N)c1-c1ccccc1. The predicted octanol–water partition coefficient (Wildman–Crippen LogP) is 5.17. The summed E-state index contributed by atoms with van der Waals surface area (Å²) in [4.78, 5) is 4.78. The highest BCUT2D eigenvalue weighted by Gasteiger charge is 2.19. The Morgan fingerprint density at radius 3 is 1.63 bits per heavy atom. The van der Waals surface area contributed by atoms with Crippen LogP contribution in [-0.4, -0.2) is 4.98 Å². The standard InChI is InChI=1S/C24H21N3/c25-23-21(18-12-6-2-7-13-18)20(16-17-10-4-1-5-11-17)27-24(26)22(23)19-14-8-3-9-15-19/h1-15H,16H2,(H4,25,26,27). The second-order valence-electron chi connectivity index (χ2n) is 6.50. The Labute approximate surface area is 159 Å². The van der Waals surface area contributed by atoms with Gasteiger partial charge in [-0.1, -0.05) is 91.0 Å². The fourth-order valence-corrected chi connectivity index (χ4v) is 3.43. The highest BCUT2D eigenvalue weighted by molar-refractivity contribution is 5.94. The van der Waals surface area contributed by atoms with Crippen molar-refractivity contribution in [1.29, 1.82) is 0 Å². The van der Waals surface area contributed by atoms with Crippen molar-refractivity contribution < 1.29 is 0 Å². The summed E-state index contributed by atoms with van der Waals surface area (Å²) in [6, 6.07) is 30.4. The third-order valence-electron chi connectivity index (χ3n) is 4.68. The maximum Gasteiger partial charge on any atom is 0.133 e. The van der Waals surface area contributed by atoms with Crippen molar-refractivity contribution in [3.05, 3.63) is 102 Å². The number of nitrogens with two attached hydrogens (primary N) is 2.